The van der Waals surface area contributed by atoms with Crippen molar-refractivity contribution in [2.45, 2.75) is 6.18 Å². The molecule has 30 heavy (non-hydrogen) atoms. The number of aliphatic hydroxyl groups is 1. The van der Waals surface area contributed by atoms with Crippen LogP contribution >= 0.6 is 0 Å². The van der Waals surface area contributed by atoms with Crippen molar-refractivity contribution in [1.82, 2.24) is 9.78 Å². The maximum Gasteiger partial charge on any atom is 0.417 e. The third-order valence-electron chi connectivity index (χ3n) is 4.30. The molecule has 0 radical (unpaired) electrons. The summed E-state index contributed by atoms with van der Waals surface area (Å²) >= 11 is 0. The summed E-state index contributed by atoms with van der Waals surface area (Å²) in [5.41, 5.74) is 0.141. The maximum atomic E-state index is 13.6. The van der Waals surface area contributed by atoms with E-state index in [2.05, 4.69) is 16.9 Å². The van der Waals surface area contributed by atoms with Crippen molar-refractivity contribution in [2.24, 2.45) is 7.05 Å². The van der Waals surface area contributed by atoms with Crippen molar-refractivity contribution < 1.29 is 23.1 Å². The van der Waals surface area contributed by atoms with Gasteiger partial charge in [-0.3, -0.25) is 14.4 Å². The molecule has 1 N–H and O–H groups in total. The third kappa shape index (κ3) is 4.88. The second-order valence-corrected chi connectivity index (χ2v) is 6.43. The maximum absolute atomic E-state index is 13.6. The van der Waals surface area contributed by atoms with Crippen LogP contribution in [0.4, 0.5) is 18.9 Å². The van der Waals surface area contributed by atoms with Crippen molar-refractivity contribution in [2.75, 3.05) is 18.1 Å². The molecular weight excluding hydrogens is 395 g/mol. The minimum atomic E-state index is -4.58. The Morgan fingerprint density at radius 3 is 2.53 bits per heavy atom. The number of anilines is 1. The summed E-state index contributed by atoms with van der Waals surface area (Å²) < 4.78 is 42.3. The number of carbonyl (C=O) groups is 1. The Morgan fingerprint density at radius 2 is 1.93 bits per heavy atom. The molecular formula is C22H18F3N3O2. The van der Waals surface area contributed by atoms with Crippen LogP contribution in [0.5, 0.6) is 0 Å². The fraction of sp³-hybridized carbons (Fsp3) is 0.182. The summed E-state index contributed by atoms with van der Waals surface area (Å²) in [6.45, 7) is -0.313. The fourth-order valence-corrected chi connectivity index (χ4v) is 2.91. The highest BCUT2D eigenvalue weighted by atomic mass is 19.4. The molecule has 0 spiro atoms. The van der Waals surface area contributed by atoms with E-state index >= 15 is 0 Å². The smallest absolute Gasteiger partial charge is 0.395 e. The zero-order chi connectivity index (χ0) is 21.7. The molecule has 0 bridgehead atoms. The van der Waals surface area contributed by atoms with E-state index in [1.165, 1.54) is 27.9 Å². The van der Waals surface area contributed by atoms with Gasteiger partial charge in [-0.05, 0) is 23.3 Å². The van der Waals surface area contributed by atoms with Gasteiger partial charge >= 0.3 is 12.1 Å². The lowest BCUT2D eigenvalue weighted by Crippen LogP contribution is -2.32. The highest BCUT2D eigenvalue weighted by molar-refractivity contribution is 6.06. The second kappa shape index (κ2) is 8.84. The number of hydrogen-bond donors (Lipinski definition) is 1. The Kier molecular flexibility index (Phi) is 6.23. The van der Waals surface area contributed by atoms with Crippen molar-refractivity contribution in [3.8, 4) is 23.0 Å². The molecule has 0 aliphatic heterocycles. The van der Waals surface area contributed by atoms with Gasteiger partial charge in [0.2, 0.25) is 0 Å². The number of benzene rings is 2. The third-order valence-corrected chi connectivity index (χ3v) is 4.30. The summed E-state index contributed by atoms with van der Waals surface area (Å²) in [6.07, 6.45) is -1.57. The zero-order valence-electron chi connectivity index (χ0n) is 16.0. The number of rotatable bonds is 4. The zero-order valence-corrected chi connectivity index (χ0v) is 16.0. The van der Waals surface area contributed by atoms with Crippen LogP contribution in [0.2, 0.25) is 0 Å². The Labute approximate surface area is 171 Å². The van der Waals surface area contributed by atoms with Gasteiger partial charge in [0.05, 0.1) is 30.6 Å². The van der Waals surface area contributed by atoms with Gasteiger partial charge in [0.1, 0.15) is 0 Å². The van der Waals surface area contributed by atoms with E-state index in [0.29, 0.717) is 11.3 Å². The predicted octanol–water partition coefficient (Wildman–Crippen LogP) is 3.48. The van der Waals surface area contributed by atoms with Crippen molar-refractivity contribution in [1.29, 1.82) is 0 Å². The van der Waals surface area contributed by atoms with Gasteiger partial charge in [-0.25, -0.2) is 0 Å². The first-order valence-corrected chi connectivity index (χ1v) is 8.99. The van der Waals surface area contributed by atoms with Crippen molar-refractivity contribution >= 4 is 11.6 Å². The van der Waals surface area contributed by atoms with Crippen LogP contribution in [0.15, 0.2) is 60.9 Å². The Bertz CT molecular complexity index is 1100. The van der Waals surface area contributed by atoms with Crippen LogP contribution < -0.4 is 4.90 Å². The molecule has 0 saturated heterocycles. The van der Waals surface area contributed by atoms with E-state index < -0.39 is 17.6 Å². The largest absolute Gasteiger partial charge is 0.417 e. The molecule has 1 heterocycles. The predicted molar refractivity (Wildman–Crippen MR) is 106 cm³/mol. The van der Waals surface area contributed by atoms with E-state index in [4.69, 9.17) is 0 Å². The summed E-state index contributed by atoms with van der Waals surface area (Å²) in [4.78, 5) is 13.7. The van der Waals surface area contributed by atoms with Crippen LogP contribution in [0, 0.1) is 11.8 Å². The molecule has 1 amide bonds. The first-order valence-electron chi connectivity index (χ1n) is 8.99. The monoisotopic (exact) mass is 413 g/mol. The number of amides is 1. The van der Waals surface area contributed by atoms with Crippen LogP contribution in [0.3, 0.4) is 0 Å². The van der Waals surface area contributed by atoms with Gasteiger partial charge in [0, 0.05) is 24.7 Å². The number of nitrogens with zero attached hydrogens (tertiary/aromatic N) is 3. The van der Waals surface area contributed by atoms with Crippen molar-refractivity contribution in [3.05, 3.63) is 72.1 Å². The molecule has 5 nitrogen and oxygen atoms in total. The molecule has 0 fully saturated rings. The lowest BCUT2D eigenvalue weighted by molar-refractivity contribution is -0.137. The molecule has 8 heteroatoms. The van der Waals surface area contributed by atoms with E-state index in [-0.39, 0.29) is 24.3 Å². The normalized spacial score (nSPS) is 11.0. The molecule has 0 unspecified atom stereocenters. The van der Waals surface area contributed by atoms with Gasteiger partial charge in [-0.1, -0.05) is 42.3 Å². The minimum Gasteiger partial charge on any atom is -0.395 e. The van der Waals surface area contributed by atoms with E-state index in [1.54, 1.807) is 43.6 Å². The van der Waals surface area contributed by atoms with E-state index in [1.807, 2.05) is 0 Å². The molecule has 3 aromatic rings. The molecule has 1 aromatic heterocycles. The van der Waals surface area contributed by atoms with Crippen molar-refractivity contribution in [3.63, 3.8) is 0 Å². The number of aliphatic hydroxyl groups excluding tert-OH is 1. The number of halogens is 3. The molecule has 0 saturated carbocycles. The first kappa shape index (κ1) is 21.1. The summed E-state index contributed by atoms with van der Waals surface area (Å²) in [5.74, 6) is 4.20. The van der Waals surface area contributed by atoms with Crippen LogP contribution in [-0.2, 0) is 18.0 Å². The SMILES string of the molecule is Cn1cc(N(CCO)C(=O)C#Cc2ccc(-c3ccccc3)c(C(F)(F)F)c2)cn1. The lowest BCUT2D eigenvalue weighted by atomic mass is 9.97. The van der Waals surface area contributed by atoms with Gasteiger partial charge in [0.25, 0.3) is 0 Å². The molecule has 0 aliphatic rings. The fourth-order valence-electron chi connectivity index (χ4n) is 2.91. The van der Waals surface area contributed by atoms with Crippen LogP contribution in [0.25, 0.3) is 11.1 Å². The number of hydrogen-bond acceptors (Lipinski definition) is 3. The first-order chi connectivity index (χ1) is 14.3. The second-order valence-electron chi connectivity index (χ2n) is 6.43. The number of aromatic nitrogens is 2. The van der Waals surface area contributed by atoms with Gasteiger partial charge < -0.3 is 5.11 Å². The topological polar surface area (TPSA) is 58.4 Å². The van der Waals surface area contributed by atoms with Gasteiger partial charge in [-0.15, -0.1) is 0 Å². The van der Waals surface area contributed by atoms with E-state index in [9.17, 15) is 23.1 Å². The molecule has 3 rings (SSSR count). The minimum absolute atomic E-state index is 0.0139. The van der Waals surface area contributed by atoms with Crippen LogP contribution in [-0.4, -0.2) is 33.9 Å². The number of carbonyl (C=O) groups excluding carboxylic acids is 1. The summed E-state index contributed by atoms with van der Waals surface area (Å²) in [6, 6.07) is 12.0. The van der Waals surface area contributed by atoms with E-state index in [0.717, 1.165) is 6.07 Å². The highest BCUT2D eigenvalue weighted by Crippen LogP contribution is 2.37. The highest BCUT2D eigenvalue weighted by Gasteiger charge is 2.33. The Morgan fingerprint density at radius 1 is 1.20 bits per heavy atom. The average molecular weight is 413 g/mol. The molecule has 0 aliphatic carbocycles. The number of alkyl halides is 3. The Balaban J connectivity index is 1.94. The molecule has 2 aromatic carbocycles. The summed E-state index contributed by atoms with van der Waals surface area (Å²) in [5, 5.41) is 13.2. The Hall–Kier alpha value is -3.57. The standard InChI is InChI=1S/C22H18F3N3O2/c1-27-15-18(14-26-27)28(11-12-29)21(30)10-8-16-7-9-19(17-5-3-2-4-6-17)20(13-16)22(23,24)25/h2-7,9,13-15,29H,11-12H2,1H3. The molecule has 0 atom stereocenters. The summed E-state index contributed by atoms with van der Waals surface area (Å²) in [7, 11) is 1.67. The van der Waals surface area contributed by atoms with Gasteiger partial charge in [-0.2, -0.15) is 18.3 Å². The quantitative estimate of drug-likeness (QED) is 0.667. The van der Waals surface area contributed by atoms with Gasteiger partial charge in [0.15, 0.2) is 0 Å². The average Bonchev–Trinajstić information content (AvgIpc) is 3.16. The number of aryl methyl sites for hydroxylation is 1. The molecule has 154 valence electrons. The van der Waals surface area contributed by atoms with Crippen LogP contribution in [0.1, 0.15) is 11.1 Å². The lowest BCUT2D eigenvalue weighted by Gasteiger charge is -2.16.